The van der Waals surface area contributed by atoms with Crippen molar-refractivity contribution in [2.45, 2.75) is 24.6 Å². The van der Waals surface area contributed by atoms with Gasteiger partial charge in [-0.1, -0.05) is 23.1 Å². The van der Waals surface area contributed by atoms with Gasteiger partial charge in [0.1, 0.15) is 5.01 Å². The van der Waals surface area contributed by atoms with Crippen LogP contribution in [0.15, 0.2) is 4.34 Å². The van der Waals surface area contributed by atoms with Gasteiger partial charge in [-0.3, -0.25) is 9.59 Å². The largest absolute Gasteiger partial charge is 0.469 e. The smallest absolute Gasteiger partial charge is 0.310 e. The summed E-state index contributed by atoms with van der Waals surface area (Å²) >= 11 is 4.06. The highest BCUT2D eigenvalue weighted by Crippen LogP contribution is 2.25. The molecule has 0 spiro atoms. The summed E-state index contributed by atoms with van der Waals surface area (Å²) in [6.07, 6.45) is 0.161. The molecule has 2 heterocycles. The van der Waals surface area contributed by atoms with Crippen LogP contribution in [0.2, 0.25) is 0 Å². The van der Waals surface area contributed by atoms with Gasteiger partial charge in [-0.15, -0.1) is 21.5 Å². The van der Waals surface area contributed by atoms with Crippen LogP contribution in [0.4, 0.5) is 5.13 Å². The third kappa shape index (κ3) is 4.75. The van der Waals surface area contributed by atoms with E-state index in [1.165, 1.54) is 41.5 Å². The molecule has 0 aliphatic heterocycles. The van der Waals surface area contributed by atoms with Gasteiger partial charge in [0, 0.05) is 4.88 Å². The van der Waals surface area contributed by atoms with Gasteiger partial charge < -0.3 is 10.1 Å². The predicted molar refractivity (Wildman–Crippen MR) is 86.6 cm³/mol. The Balaban J connectivity index is 1.88. The Morgan fingerprint density at radius 3 is 2.68 bits per heavy atom. The lowest BCUT2D eigenvalue weighted by molar-refractivity contribution is -0.139. The highest BCUT2D eigenvalue weighted by molar-refractivity contribution is 8.01. The first-order chi connectivity index (χ1) is 10.5. The van der Waals surface area contributed by atoms with Gasteiger partial charge >= 0.3 is 5.97 Å². The van der Waals surface area contributed by atoms with Crippen molar-refractivity contribution >= 4 is 51.4 Å². The molecule has 2 rings (SSSR count). The van der Waals surface area contributed by atoms with E-state index in [2.05, 4.69) is 25.2 Å². The summed E-state index contributed by atoms with van der Waals surface area (Å²) in [6, 6.07) is 0. The van der Waals surface area contributed by atoms with E-state index >= 15 is 0 Å². The van der Waals surface area contributed by atoms with Gasteiger partial charge in [0.15, 0.2) is 9.47 Å². The minimum Gasteiger partial charge on any atom is -0.469 e. The average molecular weight is 358 g/mol. The minimum atomic E-state index is -0.327. The molecule has 7 nitrogen and oxygen atoms in total. The molecule has 0 aliphatic rings. The molecular formula is C12H14N4O3S3. The number of carbonyl (C=O) groups is 2. The first kappa shape index (κ1) is 16.8. The number of thioether (sulfide) groups is 1. The number of methoxy groups -OCH3 is 1. The fraction of sp³-hybridized carbons (Fsp3) is 0.417. The normalized spacial score (nSPS) is 10.5. The molecule has 0 aromatic carbocycles. The quantitative estimate of drug-likeness (QED) is 0.624. The van der Waals surface area contributed by atoms with Crippen LogP contribution in [0.5, 0.6) is 0 Å². The standard InChI is InChI=1S/C12H14N4O3S3/c1-6-8(4-10(18)19-3)22-11(13-6)14-9(17)5-20-12-16-15-7(2)21-12/h4-5H2,1-3H3,(H,13,14,17). The van der Waals surface area contributed by atoms with E-state index in [-0.39, 0.29) is 24.1 Å². The maximum absolute atomic E-state index is 11.9. The third-order valence-electron chi connectivity index (χ3n) is 2.51. The van der Waals surface area contributed by atoms with Crippen molar-refractivity contribution in [1.29, 1.82) is 0 Å². The van der Waals surface area contributed by atoms with Crippen LogP contribution in [-0.2, 0) is 20.7 Å². The molecule has 0 saturated heterocycles. The minimum absolute atomic E-state index is 0.161. The Morgan fingerprint density at radius 1 is 1.27 bits per heavy atom. The van der Waals surface area contributed by atoms with Gasteiger partial charge in [-0.2, -0.15) is 0 Å². The first-order valence-electron chi connectivity index (χ1n) is 6.24. The molecule has 1 N–H and O–H groups in total. The lowest BCUT2D eigenvalue weighted by Gasteiger charge is -1.99. The Bertz CT molecular complexity index is 683. The van der Waals surface area contributed by atoms with Crippen LogP contribution in [0.25, 0.3) is 0 Å². The lowest BCUT2D eigenvalue weighted by atomic mass is 10.3. The van der Waals surface area contributed by atoms with Crippen LogP contribution in [0, 0.1) is 13.8 Å². The van der Waals surface area contributed by atoms with Crippen molar-refractivity contribution in [1.82, 2.24) is 15.2 Å². The van der Waals surface area contributed by atoms with Crippen molar-refractivity contribution in [2.75, 3.05) is 18.2 Å². The van der Waals surface area contributed by atoms with Crippen LogP contribution < -0.4 is 5.32 Å². The number of thiazole rings is 1. The number of carbonyl (C=O) groups excluding carboxylic acids is 2. The second kappa shape index (κ2) is 7.65. The molecule has 0 bridgehead atoms. The van der Waals surface area contributed by atoms with Crippen LogP contribution in [0.3, 0.4) is 0 Å². The molecule has 0 saturated carbocycles. The number of esters is 1. The maximum atomic E-state index is 11.9. The molecule has 0 fully saturated rings. The zero-order valence-corrected chi connectivity index (χ0v) is 14.7. The van der Waals surface area contributed by atoms with Crippen molar-refractivity contribution in [2.24, 2.45) is 0 Å². The number of aromatic nitrogens is 3. The van der Waals surface area contributed by atoms with Gasteiger partial charge in [0.25, 0.3) is 0 Å². The molecule has 1 amide bonds. The monoisotopic (exact) mass is 358 g/mol. The number of anilines is 1. The molecule has 0 unspecified atom stereocenters. The Labute approximate surface area is 139 Å². The second-order valence-corrected chi connectivity index (χ2v) is 7.69. The van der Waals surface area contributed by atoms with Crippen LogP contribution in [-0.4, -0.2) is 39.9 Å². The molecular weight excluding hydrogens is 344 g/mol. The van der Waals surface area contributed by atoms with Crippen LogP contribution in [0.1, 0.15) is 15.6 Å². The SMILES string of the molecule is COC(=O)Cc1sc(NC(=O)CSc2nnc(C)s2)nc1C. The summed E-state index contributed by atoms with van der Waals surface area (Å²) in [4.78, 5) is 28.2. The van der Waals surface area contributed by atoms with Crippen LogP contribution >= 0.6 is 34.4 Å². The van der Waals surface area contributed by atoms with E-state index in [4.69, 9.17) is 0 Å². The summed E-state index contributed by atoms with van der Waals surface area (Å²) in [6.45, 7) is 3.66. The lowest BCUT2D eigenvalue weighted by Crippen LogP contribution is -2.13. The van der Waals surface area contributed by atoms with E-state index in [0.717, 1.165) is 19.9 Å². The predicted octanol–water partition coefficient (Wildman–Crippen LogP) is 2.06. The van der Waals surface area contributed by atoms with E-state index in [0.29, 0.717) is 5.13 Å². The van der Waals surface area contributed by atoms with E-state index < -0.39 is 0 Å². The number of aryl methyl sites for hydroxylation is 2. The fourth-order valence-electron chi connectivity index (χ4n) is 1.47. The maximum Gasteiger partial charge on any atom is 0.310 e. The summed E-state index contributed by atoms with van der Waals surface area (Å²) in [5.41, 5.74) is 0.720. The molecule has 0 aliphatic carbocycles. The van der Waals surface area contributed by atoms with Gasteiger partial charge in [-0.05, 0) is 13.8 Å². The molecule has 22 heavy (non-hydrogen) atoms. The molecule has 2 aromatic rings. The van der Waals surface area contributed by atoms with Gasteiger partial charge in [0.05, 0.1) is 25.0 Å². The summed E-state index contributed by atoms with van der Waals surface area (Å²) in [5.74, 6) is -0.261. The molecule has 10 heteroatoms. The topological polar surface area (TPSA) is 94.1 Å². The number of rotatable bonds is 6. The number of hydrogen-bond donors (Lipinski definition) is 1. The summed E-state index contributed by atoms with van der Waals surface area (Å²) < 4.78 is 5.39. The van der Waals surface area contributed by atoms with E-state index in [9.17, 15) is 9.59 Å². The van der Waals surface area contributed by atoms with Gasteiger partial charge in [-0.25, -0.2) is 4.98 Å². The average Bonchev–Trinajstić information content (AvgIpc) is 3.03. The number of nitrogens with zero attached hydrogens (tertiary/aromatic N) is 3. The fourth-order valence-corrected chi connectivity index (χ4v) is 4.05. The number of hydrogen-bond acceptors (Lipinski definition) is 9. The number of nitrogens with one attached hydrogen (secondary N) is 1. The number of amides is 1. The van der Waals surface area contributed by atoms with E-state index in [1.807, 2.05) is 6.92 Å². The molecule has 118 valence electrons. The summed E-state index contributed by atoms with van der Waals surface area (Å²) in [7, 11) is 1.34. The highest BCUT2D eigenvalue weighted by Gasteiger charge is 2.14. The second-order valence-electron chi connectivity index (χ2n) is 4.20. The zero-order chi connectivity index (χ0) is 16.1. The Kier molecular flexibility index (Phi) is 5.86. The molecule has 2 aromatic heterocycles. The van der Waals surface area contributed by atoms with E-state index in [1.54, 1.807) is 6.92 Å². The molecule has 0 atom stereocenters. The zero-order valence-electron chi connectivity index (χ0n) is 12.2. The van der Waals surface area contributed by atoms with Crippen molar-refractivity contribution in [3.8, 4) is 0 Å². The van der Waals surface area contributed by atoms with Gasteiger partial charge in [0.2, 0.25) is 5.91 Å². The van der Waals surface area contributed by atoms with Crippen molar-refractivity contribution < 1.29 is 14.3 Å². The highest BCUT2D eigenvalue weighted by atomic mass is 32.2. The Morgan fingerprint density at radius 2 is 2.05 bits per heavy atom. The Hall–Kier alpha value is -1.52. The van der Waals surface area contributed by atoms with Crippen molar-refractivity contribution in [3.63, 3.8) is 0 Å². The third-order valence-corrected chi connectivity index (χ3v) is 5.55. The first-order valence-corrected chi connectivity index (χ1v) is 8.85. The molecule has 0 radical (unpaired) electrons. The number of ether oxygens (including phenoxy) is 1. The summed E-state index contributed by atoms with van der Waals surface area (Å²) in [5, 5.41) is 11.9. The van der Waals surface area contributed by atoms with Crippen molar-refractivity contribution in [3.05, 3.63) is 15.6 Å².